The predicted octanol–water partition coefficient (Wildman–Crippen LogP) is 3.00. The van der Waals surface area contributed by atoms with Gasteiger partial charge in [-0.2, -0.15) is 4.68 Å². The van der Waals surface area contributed by atoms with Gasteiger partial charge in [0.15, 0.2) is 0 Å². The van der Waals surface area contributed by atoms with Crippen molar-refractivity contribution in [2.45, 2.75) is 25.0 Å². The number of nitrogens with zero attached hydrogens (tertiary/aromatic N) is 4. The molecule has 0 saturated carbocycles. The van der Waals surface area contributed by atoms with Crippen LogP contribution in [0.15, 0.2) is 58.2 Å². The minimum absolute atomic E-state index is 0.236. The number of tetrazole rings is 1. The van der Waals surface area contributed by atoms with Crippen molar-refractivity contribution in [3.05, 3.63) is 63.5 Å². The Morgan fingerprint density at radius 1 is 1.29 bits per heavy atom. The van der Waals surface area contributed by atoms with Crippen molar-refractivity contribution >= 4 is 35.1 Å². The third-order valence-corrected chi connectivity index (χ3v) is 6.49. The fourth-order valence-electron chi connectivity index (χ4n) is 3.21. The van der Waals surface area contributed by atoms with Crippen LogP contribution in [0, 0.1) is 6.92 Å². The number of hydrogen-bond donors (Lipinski definition) is 2. The van der Waals surface area contributed by atoms with Crippen LogP contribution < -0.4 is 10.6 Å². The van der Waals surface area contributed by atoms with Crippen LogP contribution in [0.3, 0.4) is 0 Å². The van der Waals surface area contributed by atoms with E-state index in [-0.39, 0.29) is 18.4 Å². The van der Waals surface area contributed by atoms with Gasteiger partial charge in [-0.3, -0.25) is 0 Å². The zero-order chi connectivity index (χ0) is 21.8. The molecule has 31 heavy (non-hydrogen) atoms. The molecule has 0 bridgehead atoms. The minimum Gasteiger partial charge on any atom is -0.463 e. The number of thioether (sulfide) groups is 1. The number of urea groups is 1. The molecule has 160 valence electrons. The molecule has 0 spiro atoms. The third kappa shape index (κ3) is 4.47. The van der Waals surface area contributed by atoms with E-state index in [1.807, 2.05) is 48.7 Å². The topological polar surface area (TPSA) is 111 Å². The van der Waals surface area contributed by atoms with Crippen LogP contribution in [-0.2, 0) is 9.53 Å². The van der Waals surface area contributed by atoms with E-state index in [0.29, 0.717) is 16.4 Å². The van der Waals surface area contributed by atoms with Crippen LogP contribution in [0.2, 0.25) is 0 Å². The van der Waals surface area contributed by atoms with Crippen molar-refractivity contribution in [2.75, 3.05) is 12.4 Å². The number of hydrogen-bond acceptors (Lipinski definition) is 8. The maximum atomic E-state index is 12.8. The van der Waals surface area contributed by atoms with Crippen LogP contribution in [0.4, 0.5) is 4.79 Å². The number of ether oxygens (including phenoxy) is 1. The van der Waals surface area contributed by atoms with E-state index in [1.54, 1.807) is 11.6 Å². The molecule has 0 saturated heterocycles. The van der Waals surface area contributed by atoms with Crippen molar-refractivity contribution in [1.29, 1.82) is 0 Å². The van der Waals surface area contributed by atoms with Gasteiger partial charge >= 0.3 is 12.0 Å². The molecule has 2 aromatic heterocycles. The fraction of sp³-hybridized carbons (Fsp3) is 0.250. The first-order chi connectivity index (χ1) is 15.1. The van der Waals surface area contributed by atoms with Crippen LogP contribution in [0.25, 0.3) is 5.69 Å². The summed E-state index contributed by atoms with van der Waals surface area (Å²) in [5.74, 6) is -0.183. The Morgan fingerprint density at radius 3 is 2.87 bits per heavy atom. The van der Waals surface area contributed by atoms with E-state index < -0.39 is 12.0 Å². The normalized spacial score (nSPS) is 16.1. The average Bonchev–Trinajstić information content (AvgIpc) is 3.44. The average molecular weight is 457 g/mol. The number of carbonyl (C=O) groups excluding carboxylic acids is 2. The van der Waals surface area contributed by atoms with Crippen LogP contribution in [-0.4, -0.2) is 44.6 Å². The van der Waals surface area contributed by atoms with Gasteiger partial charge < -0.3 is 15.4 Å². The lowest BCUT2D eigenvalue weighted by Crippen LogP contribution is -2.46. The highest BCUT2D eigenvalue weighted by Crippen LogP contribution is 2.32. The minimum atomic E-state index is -0.573. The molecule has 3 aromatic rings. The van der Waals surface area contributed by atoms with Gasteiger partial charge in [-0.25, -0.2) is 9.59 Å². The molecule has 1 unspecified atom stereocenters. The molecule has 1 atom stereocenters. The molecule has 1 aromatic carbocycles. The molecule has 0 aliphatic carbocycles. The van der Waals surface area contributed by atoms with E-state index in [0.717, 1.165) is 16.1 Å². The number of carbonyl (C=O) groups is 2. The quantitative estimate of drug-likeness (QED) is 0.415. The molecule has 0 fully saturated rings. The number of esters is 1. The smallest absolute Gasteiger partial charge is 0.338 e. The van der Waals surface area contributed by atoms with Crippen LogP contribution >= 0.6 is 23.1 Å². The lowest BCUT2D eigenvalue weighted by atomic mass is 10.0. The summed E-state index contributed by atoms with van der Waals surface area (Å²) in [6, 6.07) is 10.6. The summed E-state index contributed by atoms with van der Waals surface area (Å²) < 4.78 is 6.93. The third-order valence-electron chi connectivity index (χ3n) is 4.61. The van der Waals surface area contributed by atoms with Gasteiger partial charge in [0, 0.05) is 16.3 Å². The second-order valence-corrected chi connectivity index (χ2v) is 8.53. The number of aromatic nitrogens is 4. The number of rotatable bonds is 7. The summed E-state index contributed by atoms with van der Waals surface area (Å²) in [5.41, 5.74) is 2.74. The second kappa shape index (κ2) is 9.31. The van der Waals surface area contributed by atoms with E-state index in [4.69, 9.17) is 4.74 Å². The maximum Gasteiger partial charge on any atom is 0.338 e. The van der Waals surface area contributed by atoms with Gasteiger partial charge in [0.05, 0.1) is 23.9 Å². The van der Waals surface area contributed by atoms with Crippen LogP contribution in [0.5, 0.6) is 0 Å². The molecule has 1 aliphatic heterocycles. The fourth-order valence-corrected chi connectivity index (χ4v) is 4.85. The largest absolute Gasteiger partial charge is 0.463 e. The Labute approximate surface area is 186 Å². The number of amides is 2. The SMILES string of the molecule is CCOC(=O)C1=C(CSc2nnnn2-c2ccccc2C)NC(=O)NC1c1cccs1. The summed E-state index contributed by atoms with van der Waals surface area (Å²) in [6.07, 6.45) is 0. The predicted molar refractivity (Wildman–Crippen MR) is 117 cm³/mol. The first-order valence-corrected chi connectivity index (χ1v) is 11.4. The molecule has 9 nitrogen and oxygen atoms in total. The maximum absolute atomic E-state index is 12.8. The Kier molecular flexibility index (Phi) is 6.33. The second-order valence-electron chi connectivity index (χ2n) is 6.61. The Hall–Kier alpha value is -3.18. The zero-order valence-electron chi connectivity index (χ0n) is 16.9. The summed E-state index contributed by atoms with van der Waals surface area (Å²) in [5, 5.41) is 20.0. The highest BCUT2D eigenvalue weighted by Gasteiger charge is 2.34. The first-order valence-electron chi connectivity index (χ1n) is 9.56. The van der Waals surface area contributed by atoms with E-state index in [1.165, 1.54) is 23.1 Å². The number of nitrogens with one attached hydrogen (secondary N) is 2. The van der Waals surface area contributed by atoms with Gasteiger partial charge in [0.2, 0.25) is 5.16 Å². The molecule has 2 N–H and O–H groups in total. The van der Waals surface area contributed by atoms with Crippen LogP contribution in [0.1, 0.15) is 23.4 Å². The standard InChI is InChI=1S/C20H20N6O3S2/c1-3-29-18(27)16-13(21-19(28)22-17(16)15-9-6-10-30-15)11-31-20-23-24-25-26(20)14-8-5-4-7-12(14)2/h4-10,17H,3,11H2,1-2H3,(H2,21,22,28). The molecule has 2 amide bonds. The molecule has 3 heterocycles. The lowest BCUT2D eigenvalue weighted by molar-refractivity contribution is -0.139. The number of aryl methyl sites for hydroxylation is 1. The Morgan fingerprint density at radius 2 is 2.13 bits per heavy atom. The van der Waals surface area contributed by atoms with E-state index in [9.17, 15) is 9.59 Å². The number of thiophene rings is 1. The van der Waals surface area contributed by atoms with E-state index in [2.05, 4.69) is 26.2 Å². The van der Waals surface area contributed by atoms with Crippen molar-refractivity contribution in [1.82, 2.24) is 30.8 Å². The summed E-state index contributed by atoms with van der Waals surface area (Å²) in [6.45, 7) is 3.96. The molecule has 0 radical (unpaired) electrons. The van der Waals surface area contributed by atoms with E-state index >= 15 is 0 Å². The summed E-state index contributed by atoms with van der Waals surface area (Å²) in [4.78, 5) is 26.0. The summed E-state index contributed by atoms with van der Waals surface area (Å²) in [7, 11) is 0. The van der Waals surface area contributed by atoms with Gasteiger partial charge in [-0.15, -0.1) is 16.4 Å². The molecule has 1 aliphatic rings. The lowest BCUT2D eigenvalue weighted by Gasteiger charge is -2.28. The Balaban J connectivity index is 1.66. The number of benzene rings is 1. The Bertz CT molecular complexity index is 1130. The van der Waals surface area contributed by atoms with Gasteiger partial charge in [0.25, 0.3) is 0 Å². The van der Waals surface area contributed by atoms with Crippen molar-refractivity contribution in [3.63, 3.8) is 0 Å². The molecule has 4 rings (SSSR count). The number of para-hydroxylation sites is 1. The highest BCUT2D eigenvalue weighted by atomic mass is 32.2. The first kappa shape index (κ1) is 21.1. The van der Waals surface area contributed by atoms with Gasteiger partial charge in [0.1, 0.15) is 0 Å². The van der Waals surface area contributed by atoms with Crippen molar-refractivity contribution < 1.29 is 14.3 Å². The van der Waals surface area contributed by atoms with Gasteiger partial charge in [-0.1, -0.05) is 36.0 Å². The van der Waals surface area contributed by atoms with Crippen molar-refractivity contribution in [2.24, 2.45) is 0 Å². The molecular weight excluding hydrogens is 436 g/mol. The summed E-state index contributed by atoms with van der Waals surface area (Å²) >= 11 is 2.79. The molecule has 11 heteroatoms. The zero-order valence-corrected chi connectivity index (χ0v) is 18.5. The van der Waals surface area contributed by atoms with Crippen molar-refractivity contribution in [3.8, 4) is 5.69 Å². The highest BCUT2D eigenvalue weighted by molar-refractivity contribution is 7.99. The molecular formula is C20H20N6O3S2. The monoisotopic (exact) mass is 456 g/mol. The van der Waals surface area contributed by atoms with Gasteiger partial charge in [-0.05, 0) is 47.4 Å².